The van der Waals surface area contributed by atoms with Gasteiger partial charge in [0.15, 0.2) is 0 Å². The maximum Gasteiger partial charge on any atom is 0.227 e. The number of nitrogens with zero attached hydrogens (tertiary/aromatic N) is 2. The van der Waals surface area contributed by atoms with E-state index in [9.17, 15) is 9.59 Å². The molecule has 1 N–H and O–H groups in total. The quantitative estimate of drug-likeness (QED) is 0.818. The minimum atomic E-state index is 0.0227. The first-order valence-corrected chi connectivity index (χ1v) is 10.6. The van der Waals surface area contributed by atoms with E-state index in [0.717, 1.165) is 63.0 Å². The lowest BCUT2D eigenvalue weighted by Crippen LogP contribution is -2.55. The zero-order chi connectivity index (χ0) is 20.1. The van der Waals surface area contributed by atoms with Crippen molar-refractivity contribution in [1.82, 2.24) is 9.80 Å². The van der Waals surface area contributed by atoms with Crippen LogP contribution in [0.3, 0.4) is 0 Å². The Morgan fingerprint density at radius 1 is 1.14 bits per heavy atom. The maximum atomic E-state index is 12.9. The van der Waals surface area contributed by atoms with E-state index in [1.165, 1.54) is 0 Å². The molecule has 28 heavy (non-hydrogen) atoms. The number of aliphatic hydroxyl groups is 1. The van der Waals surface area contributed by atoms with Gasteiger partial charge in [-0.1, -0.05) is 38.1 Å². The molecule has 1 spiro atoms. The van der Waals surface area contributed by atoms with E-state index in [1.807, 2.05) is 34.1 Å². The van der Waals surface area contributed by atoms with Crippen molar-refractivity contribution in [1.29, 1.82) is 0 Å². The number of piperidine rings is 2. The summed E-state index contributed by atoms with van der Waals surface area (Å²) in [5, 5.41) is 9.16. The molecule has 5 heteroatoms. The van der Waals surface area contributed by atoms with Gasteiger partial charge >= 0.3 is 0 Å². The van der Waals surface area contributed by atoms with Crippen LogP contribution in [-0.4, -0.2) is 52.9 Å². The molecule has 2 aliphatic rings. The zero-order valence-corrected chi connectivity index (χ0v) is 17.3. The molecule has 2 saturated heterocycles. The topological polar surface area (TPSA) is 60.9 Å². The number of amides is 2. The van der Waals surface area contributed by atoms with Crippen LogP contribution in [0.25, 0.3) is 0 Å². The first kappa shape index (κ1) is 20.8. The predicted molar refractivity (Wildman–Crippen MR) is 110 cm³/mol. The molecule has 154 valence electrons. The molecule has 0 aliphatic carbocycles. The second-order valence-electron chi connectivity index (χ2n) is 9.07. The van der Waals surface area contributed by atoms with Gasteiger partial charge < -0.3 is 14.9 Å². The van der Waals surface area contributed by atoms with E-state index in [1.54, 1.807) is 0 Å². The van der Waals surface area contributed by atoms with Crippen LogP contribution in [0.5, 0.6) is 0 Å². The molecule has 1 aromatic rings. The number of carbonyl (C=O) groups is 2. The van der Waals surface area contributed by atoms with Crippen molar-refractivity contribution in [2.24, 2.45) is 11.3 Å². The molecule has 2 aliphatic heterocycles. The van der Waals surface area contributed by atoms with Gasteiger partial charge in [-0.2, -0.15) is 0 Å². The van der Waals surface area contributed by atoms with E-state index in [0.29, 0.717) is 18.8 Å². The molecule has 2 heterocycles. The average Bonchev–Trinajstić information content (AvgIpc) is 2.69. The summed E-state index contributed by atoms with van der Waals surface area (Å²) in [4.78, 5) is 29.3. The van der Waals surface area contributed by atoms with Crippen molar-refractivity contribution in [3.63, 3.8) is 0 Å². The number of benzene rings is 1. The van der Waals surface area contributed by atoms with Gasteiger partial charge in [0, 0.05) is 38.0 Å². The second kappa shape index (κ2) is 9.08. The summed E-state index contributed by atoms with van der Waals surface area (Å²) in [6.07, 6.45) is 5.07. The van der Waals surface area contributed by atoms with Gasteiger partial charge in [0.25, 0.3) is 0 Å². The molecule has 0 radical (unpaired) electrons. The van der Waals surface area contributed by atoms with Gasteiger partial charge in [0.1, 0.15) is 0 Å². The lowest BCUT2D eigenvalue weighted by Gasteiger charge is -2.48. The van der Waals surface area contributed by atoms with Crippen molar-refractivity contribution in [3.05, 3.63) is 35.4 Å². The smallest absolute Gasteiger partial charge is 0.227 e. The van der Waals surface area contributed by atoms with E-state index < -0.39 is 0 Å². The molecular weight excluding hydrogens is 352 g/mol. The van der Waals surface area contributed by atoms with E-state index in [4.69, 9.17) is 5.11 Å². The highest BCUT2D eigenvalue weighted by Gasteiger charge is 2.42. The summed E-state index contributed by atoms with van der Waals surface area (Å²) in [5.41, 5.74) is 1.92. The number of carbonyl (C=O) groups excluding carboxylic acids is 2. The molecule has 0 aromatic heterocycles. The van der Waals surface area contributed by atoms with Crippen LogP contribution in [0.2, 0.25) is 0 Å². The summed E-state index contributed by atoms with van der Waals surface area (Å²) < 4.78 is 0. The molecule has 2 amide bonds. The molecule has 1 atom stereocenters. The summed E-state index contributed by atoms with van der Waals surface area (Å²) >= 11 is 0. The van der Waals surface area contributed by atoms with Crippen molar-refractivity contribution in [3.8, 4) is 0 Å². The molecule has 1 aromatic carbocycles. The maximum absolute atomic E-state index is 12.9. The monoisotopic (exact) mass is 386 g/mol. The SMILES string of the molecule is CC(C)CCN1CC2(CCCN(C(=O)Cc3ccc(CO)cc3)C2)CCC1=O. The van der Waals surface area contributed by atoms with Gasteiger partial charge in [0.05, 0.1) is 13.0 Å². The number of rotatable bonds is 6. The van der Waals surface area contributed by atoms with Crippen LogP contribution in [0.15, 0.2) is 24.3 Å². The van der Waals surface area contributed by atoms with Crippen molar-refractivity contribution >= 4 is 11.8 Å². The van der Waals surface area contributed by atoms with Crippen LogP contribution in [0.4, 0.5) is 0 Å². The lowest BCUT2D eigenvalue weighted by molar-refractivity contribution is -0.142. The summed E-state index contributed by atoms with van der Waals surface area (Å²) in [6.45, 7) is 7.63. The molecule has 0 saturated carbocycles. The van der Waals surface area contributed by atoms with E-state index in [2.05, 4.69) is 13.8 Å². The summed E-state index contributed by atoms with van der Waals surface area (Å²) in [5.74, 6) is 1.03. The molecule has 3 rings (SSSR count). The van der Waals surface area contributed by atoms with Gasteiger partial charge in [-0.15, -0.1) is 0 Å². The standard InChI is InChI=1S/C23H34N2O3/c1-18(2)9-13-25-17-23(11-8-21(25)27)10-3-12-24(16-23)22(28)14-19-4-6-20(15-26)7-5-19/h4-7,18,26H,3,8-17H2,1-2H3. The van der Waals surface area contributed by atoms with E-state index in [-0.39, 0.29) is 23.8 Å². The normalized spacial score (nSPS) is 22.9. The largest absolute Gasteiger partial charge is 0.392 e. The lowest BCUT2D eigenvalue weighted by atomic mass is 9.73. The highest BCUT2D eigenvalue weighted by molar-refractivity contribution is 5.79. The fraction of sp³-hybridized carbons (Fsp3) is 0.652. The molecule has 1 unspecified atom stereocenters. The first-order chi connectivity index (χ1) is 13.4. The predicted octanol–water partition coefficient (Wildman–Crippen LogP) is 3.00. The van der Waals surface area contributed by atoms with Crippen molar-refractivity contribution in [2.75, 3.05) is 26.2 Å². The van der Waals surface area contributed by atoms with Gasteiger partial charge in [-0.3, -0.25) is 9.59 Å². The third-order valence-corrected chi connectivity index (χ3v) is 6.30. The summed E-state index contributed by atoms with van der Waals surface area (Å²) in [6, 6.07) is 7.60. The molecular formula is C23H34N2O3. The van der Waals surface area contributed by atoms with E-state index >= 15 is 0 Å². The second-order valence-corrected chi connectivity index (χ2v) is 9.07. The van der Waals surface area contributed by atoms with Gasteiger partial charge in [-0.05, 0) is 42.7 Å². The fourth-order valence-corrected chi connectivity index (χ4v) is 4.52. The third-order valence-electron chi connectivity index (χ3n) is 6.30. The van der Waals surface area contributed by atoms with Crippen LogP contribution < -0.4 is 0 Å². The van der Waals surface area contributed by atoms with Crippen molar-refractivity contribution in [2.45, 2.75) is 59.0 Å². The zero-order valence-electron chi connectivity index (χ0n) is 17.3. The Morgan fingerprint density at radius 3 is 2.54 bits per heavy atom. The molecule has 5 nitrogen and oxygen atoms in total. The fourth-order valence-electron chi connectivity index (χ4n) is 4.52. The minimum Gasteiger partial charge on any atom is -0.392 e. The molecule has 0 bridgehead atoms. The summed E-state index contributed by atoms with van der Waals surface area (Å²) in [7, 11) is 0. The van der Waals surface area contributed by atoms with Crippen LogP contribution in [0.1, 0.15) is 57.1 Å². The third kappa shape index (κ3) is 5.13. The van der Waals surface area contributed by atoms with Gasteiger partial charge in [0.2, 0.25) is 11.8 Å². The van der Waals surface area contributed by atoms with Crippen LogP contribution in [0, 0.1) is 11.3 Å². The first-order valence-electron chi connectivity index (χ1n) is 10.6. The molecule has 2 fully saturated rings. The number of hydrogen-bond donors (Lipinski definition) is 1. The number of hydrogen-bond acceptors (Lipinski definition) is 3. The Labute approximate surface area is 168 Å². The van der Waals surface area contributed by atoms with Crippen molar-refractivity contribution < 1.29 is 14.7 Å². The average molecular weight is 387 g/mol. The Balaban J connectivity index is 1.61. The van der Waals surface area contributed by atoms with Gasteiger partial charge in [-0.25, -0.2) is 0 Å². The number of likely N-dealkylation sites (tertiary alicyclic amines) is 2. The minimum absolute atomic E-state index is 0.0227. The van der Waals surface area contributed by atoms with Crippen LogP contribution in [-0.2, 0) is 22.6 Å². The van der Waals surface area contributed by atoms with Crippen LogP contribution >= 0.6 is 0 Å². The highest BCUT2D eigenvalue weighted by atomic mass is 16.3. The Bertz CT molecular complexity index is 686. The Kier molecular flexibility index (Phi) is 6.76. The Morgan fingerprint density at radius 2 is 1.86 bits per heavy atom. The Hall–Kier alpha value is -1.88. The highest BCUT2D eigenvalue weighted by Crippen LogP contribution is 2.39. The number of aliphatic hydroxyl groups excluding tert-OH is 1.